The molecule has 6 rings (SSSR count). The Morgan fingerprint density at radius 3 is 2.21 bits per heavy atom. The van der Waals surface area contributed by atoms with E-state index in [0.29, 0.717) is 61.9 Å². The fourth-order valence-corrected chi connectivity index (χ4v) is 6.67. The van der Waals surface area contributed by atoms with Gasteiger partial charge < -0.3 is 24.4 Å². The predicted octanol–water partition coefficient (Wildman–Crippen LogP) is 3.62. The molecule has 2 aliphatic rings. The molecule has 4 aromatic rings. The topological polar surface area (TPSA) is 138 Å². The van der Waals surface area contributed by atoms with Gasteiger partial charge >= 0.3 is 5.97 Å². The van der Waals surface area contributed by atoms with Crippen LogP contribution in [0.15, 0.2) is 47.4 Å². The van der Waals surface area contributed by atoms with E-state index in [1.165, 1.54) is 18.3 Å². The Morgan fingerprint density at radius 1 is 0.979 bits per heavy atom. The van der Waals surface area contributed by atoms with Crippen molar-refractivity contribution in [1.82, 2.24) is 23.8 Å². The van der Waals surface area contributed by atoms with Gasteiger partial charge in [0.1, 0.15) is 11.4 Å². The van der Waals surface area contributed by atoms with Crippen LogP contribution in [0.2, 0.25) is 0 Å². The highest BCUT2D eigenvalue weighted by Crippen LogP contribution is 2.27. The quantitative estimate of drug-likeness (QED) is 0.159. The Bertz CT molecular complexity index is 1940. The predicted molar refractivity (Wildman–Crippen MR) is 179 cm³/mol. The molecule has 0 unspecified atom stereocenters. The molecule has 1 N–H and O–H groups in total. The van der Waals surface area contributed by atoms with Crippen molar-refractivity contribution in [2.45, 2.75) is 33.6 Å². The van der Waals surface area contributed by atoms with E-state index in [4.69, 9.17) is 17.3 Å². The van der Waals surface area contributed by atoms with Crippen LogP contribution in [0, 0.1) is 20.7 Å². The van der Waals surface area contributed by atoms with Crippen molar-refractivity contribution in [3.05, 3.63) is 79.1 Å². The van der Waals surface area contributed by atoms with Crippen LogP contribution in [-0.2, 0) is 19.8 Å². The number of aromatic carboxylic acids is 1. The lowest BCUT2D eigenvalue weighted by Gasteiger charge is -2.36. The molecule has 16 heteroatoms. The van der Waals surface area contributed by atoms with Gasteiger partial charge in [-0.15, -0.1) is 5.10 Å². The van der Waals surface area contributed by atoms with Crippen molar-refractivity contribution in [2.24, 2.45) is 0 Å². The molecular formula is C31H36FN9O5S. The Balaban J connectivity index is 1.12. The summed E-state index contributed by atoms with van der Waals surface area (Å²) >= 11 is 5.82. The minimum Gasteiger partial charge on any atom is -0.477 e. The zero-order valence-electron chi connectivity index (χ0n) is 26.2. The second-order valence-corrected chi connectivity index (χ2v) is 12.0. The standard InChI is InChI=1S/C31H36FN9O5S/c1-3-35-19-24(29(43)44)28(42)23-17-25(32)27(18-26(23)35)37-11-9-34(10-12-37)20-40-31(47)39(4-2)30(33-40)38-15-13-36(14-16-38)21-5-7-22(8-6-21)41(45)46/h5-8,17-19H,3-4,9-16,20H2,1-2H3,(H,43,44). The van der Waals surface area contributed by atoms with Crippen molar-refractivity contribution in [1.29, 1.82) is 0 Å². The summed E-state index contributed by atoms with van der Waals surface area (Å²) in [5.41, 5.74) is 0.826. The molecule has 2 aliphatic heterocycles. The number of hydrogen-bond acceptors (Lipinski definition) is 10. The van der Waals surface area contributed by atoms with E-state index in [-0.39, 0.29) is 16.6 Å². The zero-order valence-corrected chi connectivity index (χ0v) is 27.0. The van der Waals surface area contributed by atoms with E-state index in [1.807, 2.05) is 28.0 Å². The number of carbonyl (C=O) groups is 1. The smallest absolute Gasteiger partial charge is 0.341 e. The second-order valence-electron chi connectivity index (χ2n) is 11.6. The van der Waals surface area contributed by atoms with E-state index in [0.717, 1.165) is 43.9 Å². The summed E-state index contributed by atoms with van der Waals surface area (Å²) in [6.07, 6.45) is 1.32. The Morgan fingerprint density at radius 2 is 1.62 bits per heavy atom. The lowest BCUT2D eigenvalue weighted by molar-refractivity contribution is -0.384. The van der Waals surface area contributed by atoms with Crippen LogP contribution in [0.25, 0.3) is 10.9 Å². The van der Waals surface area contributed by atoms with Crippen molar-refractivity contribution in [3.8, 4) is 0 Å². The third-order valence-electron chi connectivity index (χ3n) is 8.97. The van der Waals surface area contributed by atoms with E-state index in [1.54, 1.807) is 22.8 Å². The zero-order chi connectivity index (χ0) is 33.4. The van der Waals surface area contributed by atoms with Crippen LogP contribution in [0.1, 0.15) is 24.2 Å². The molecule has 2 saturated heterocycles. The van der Waals surface area contributed by atoms with Gasteiger partial charge in [0.2, 0.25) is 16.1 Å². The van der Waals surface area contributed by atoms with E-state index >= 15 is 4.39 Å². The number of aromatic nitrogens is 4. The number of carboxylic acid groups (broad SMARTS) is 1. The van der Waals surface area contributed by atoms with Gasteiger partial charge in [0.15, 0.2) is 0 Å². The lowest BCUT2D eigenvalue weighted by atomic mass is 10.1. The van der Waals surface area contributed by atoms with Crippen LogP contribution in [0.5, 0.6) is 0 Å². The summed E-state index contributed by atoms with van der Waals surface area (Å²) < 4.78 is 21.5. The van der Waals surface area contributed by atoms with Crippen LogP contribution in [-0.4, -0.2) is 92.2 Å². The highest BCUT2D eigenvalue weighted by atomic mass is 32.1. The second kappa shape index (κ2) is 13.1. The first kappa shape index (κ1) is 32.1. The summed E-state index contributed by atoms with van der Waals surface area (Å²) in [6, 6.07) is 9.42. The van der Waals surface area contributed by atoms with Crippen molar-refractivity contribution >= 4 is 52.1 Å². The van der Waals surface area contributed by atoms with Gasteiger partial charge in [-0.05, 0) is 50.3 Å². The van der Waals surface area contributed by atoms with Crippen LogP contribution < -0.4 is 20.1 Å². The normalized spacial score (nSPS) is 15.9. The summed E-state index contributed by atoms with van der Waals surface area (Å²) in [4.78, 5) is 43.5. The molecule has 2 aromatic heterocycles. The molecule has 0 atom stereocenters. The van der Waals surface area contributed by atoms with Gasteiger partial charge in [0.25, 0.3) is 5.69 Å². The number of nitro benzene ring substituents is 1. The number of pyridine rings is 1. The van der Waals surface area contributed by atoms with Crippen molar-refractivity contribution < 1.29 is 19.2 Å². The molecule has 2 fully saturated rings. The lowest BCUT2D eigenvalue weighted by Crippen LogP contribution is -2.47. The number of benzene rings is 2. The van der Waals surface area contributed by atoms with Gasteiger partial charge in [-0.2, -0.15) is 0 Å². The number of piperazine rings is 2. The first-order valence-corrected chi connectivity index (χ1v) is 16.0. The van der Waals surface area contributed by atoms with Crippen molar-refractivity contribution in [2.75, 3.05) is 67.1 Å². The third kappa shape index (κ3) is 6.17. The van der Waals surface area contributed by atoms with E-state index in [9.17, 15) is 24.8 Å². The number of rotatable bonds is 9. The number of aryl methyl sites for hydroxylation is 1. The van der Waals surface area contributed by atoms with Crippen LogP contribution in [0.4, 0.5) is 27.4 Å². The molecule has 0 saturated carbocycles. The number of fused-ring (bicyclic) bond motifs is 1. The summed E-state index contributed by atoms with van der Waals surface area (Å²) in [5.74, 6) is -1.08. The van der Waals surface area contributed by atoms with Crippen LogP contribution >= 0.6 is 12.2 Å². The maximum absolute atomic E-state index is 15.4. The highest BCUT2D eigenvalue weighted by Gasteiger charge is 2.26. The fourth-order valence-electron chi connectivity index (χ4n) is 6.36. The largest absolute Gasteiger partial charge is 0.477 e. The Labute approximate surface area is 274 Å². The average Bonchev–Trinajstić information content (AvgIpc) is 3.39. The number of hydrogen-bond donors (Lipinski definition) is 1. The van der Waals surface area contributed by atoms with Gasteiger partial charge in [-0.25, -0.2) is 13.9 Å². The van der Waals surface area contributed by atoms with Gasteiger partial charge in [0.05, 0.1) is 22.8 Å². The molecular weight excluding hydrogens is 629 g/mol. The molecule has 0 bridgehead atoms. The Hall–Kier alpha value is -4.83. The summed E-state index contributed by atoms with van der Waals surface area (Å²) in [7, 11) is 0. The number of carboxylic acids is 1. The maximum Gasteiger partial charge on any atom is 0.341 e. The van der Waals surface area contributed by atoms with Gasteiger partial charge in [-0.3, -0.25) is 24.4 Å². The molecule has 2 aromatic carbocycles. The number of nitrogens with zero attached hydrogens (tertiary/aromatic N) is 9. The van der Waals surface area contributed by atoms with Gasteiger partial charge in [-0.1, -0.05) is 0 Å². The van der Waals surface area contributed by atoms with E-state index in [2.05, 4.69) is 14.7 Å². The molecule has 0 amide bonds. The third-order valence-corrected chi connectivity index (χ3v) is 9.41. The molecule has 0 aliphatic carbocycles. The minimum atomic E-state index is -1.34. The highest BCUT2D eigenvalue weighted by molar-refractivity contribution is 7.71. The van der Waals surface area contributed by atoms with Crippen molar-refractivity contribution in [3.63, 3.8) is 0 Å². The SMILES string of the molecule is CCn1c(N2CCN(c3ccc([N+](=O)[O-])cc3)CC2)nn(CN2CCN(c3cc4c(cc3F)c(=O)c(C(=O)O)cn4CC)CC2)c1=S. The summed E-state index contributed by atoms with van der Waals surface area (Å²) in [6.45, 7) is 10.8. The number of nitro groups is 1. The molecule has 14 nitrogen and oxygen atoms in total. The molecule has 248 valence electrons. The van der Waals surface area contributed by atoms with E-state index < -0.39 is 22.1 Å². The number of non-ortho nitro benzene ring substituents is 1. The van der Waals surface area contributed by atoms with Gasteiger partial charge in [0, 0.05) is 94.9 Å². The molecule has 0 spiro atoms. The fraction of sp³-hybridized carbons (Fsp3) is 0.419. The Kier molecular flexibility index (Phi) is 8.96. The average molecular weight is 666 g/mol. The molecule has 47 heavy (non-hydrogen) atoms. The molecule has 0 radical (unpaired) electrons. The minimum absolute atomic E-state index is 0.0519. The first-order valence-electron chi connectivity index (χ1n) is 15.6. The number of halogens is 1. The molecule has 4 heterocycles. The summed E-state index contributed by atoms with van der Waals surface area (Å²) in [5, 5.41) is 25.4. The first-order chi connectivity index (χ1) is 22.6. The van der Waals surface area contributed by atoms with Crippen LogP contribution in [0.3, 0.4) is 0 Å². The maximum atomic E-state index is 15.4. The monoisotopic (exact) mass is 665 g/mol. The number of anilines is 3.